The van der Waals surface area contributed by atoms with E-state index < -0.39 is 11.7 Å². The predicted molar refractivity (Wildman–Crippen MR) is 69.9 cm³/mol. The summed E-state index contributed by atoms with van der Waals surface area (Å²) >= 11 is 3.23. The van der Waals surface area contributed by atoms with E-state index in [9.17, 15) is 13.2 Å². The van der Waals surface area contributed by atoms with Crippen LogP contribution in [-0.2, 0) is 6.18 Å². The molecule has 3 rings (SSSR count). The second kappa shape index (κ2) is 4.80. The summed E-state index contributed by atoms with van der Waals surface area (Å²) < 4.78 is 39.6. The van der Waals surface area contributed by atoms with E-state index in [-0.39, 0.29) is 17.2 Å². The second-order valence-electron chi connectivity index (χ2n) is 4.63. The zero-order valence-corrected chi connectivity index (χ0v) is 11.7. The van der Waals surface area contributed by atoms with Gasteiger partial charge in [-0.05, 0) is 40.9 Å². The number of aromatic nitrogens is 3. The first-order valence-corrected chi connectivity index (χ1v) is 6.80. The number of halogens is 4. The van der Waals surface area contributed by atoms with Crippen molar-refractivity contribution in [3.05, 3.63) is 40.5 Å². The fraction of sp³-hybridized carbons (Fsp3) is 0.308. The van der Waals surface area contributed by atoms with Gasteiger partial charge in [-0.3, -0.25) is 4.98 Å². The van der Waals surface area contributed by atoms with E-state index in [0.29, 0.717) is 10.4 Å². The van der Waals surface area contributed by atoms with Crippen LogP contribution in [0, 0.1) is 0 Å². The van der Waals surface area contributed by atoms with Gasteiger partial charge in [0.2, 0.25) is 0 Å². The van der Waals surface area contributed by atoms with Crippen LogP contribution >= 0.6 is 15.9 Å². The lowest BCUT2D eigenvalue weighted by Gasteiger charge is -2.12. The van der Waals surface area contributed by atoms with Crippen LogP contribution in [0.25, 0.3) is 11.3 Å². The van der Waals surface area contributed by atoms with Gasteiger partial charge in [0.05, 0.1) is 11.3 Å². The van der Waals surface area contributed by atoms with Crippen molar-refractivity contribution in [2.24, 2.45) is 0 Å². The Bertz CT molecular complexity index is 654. The molecule has 0 saturated heterocycles. The molecule has 0 N–H and O–H groups in total. The molecule has 2 aromatic rings. The molecule has 0 unspecified atom stereocenters. The van der Waals surface area contributed by atoms with Crippen molar-refractivity contribution in [3.8, 4) is 11.3 Å². The minimum atomic E-state index is -4.44. The third-order valence-corrected chi connectivity index (χ3v) is 3.46. The highest BCUT2D eigenvalue weighted by molar-refractivity contribution is 9.10. The summed E-state index contributed by atoms with van der Waals surface area (Å²) in [6.07, 6.45) is -0.155. The summed E-state index contributed by atoms with van der Waals surface area (Å²) in [6.45, 7) is 0. The molecule has 3 nitrogen and oxygen atoms in total. The summed E-state index contributed by atoms with van der Waals surface area (Å²) in [7, 11) is 0. The van der Waals surface area contributed by atoms with Gasteiger partial charge in [0.25, 0.3) is 0 Å². The van der Waals surface area contributed by atoms with Crippen molar-refractivity contribution in [1.29, 1.82) is 0 Å². The summed E-state index contributed by atoms with van der Waals surface area (Å²) in [4.78, 5) is 12.3. The molecule has 0 bridgehead atoms. The normalized spacial score (nSPS) is 15.4. The molecule has 0 spiro atoms. The van der Waals surface area contributed by atoms with Crippen LogP contribution in [0.3, 0.4) is 0 Å². The van der Waals surface area contributed by atoms with Crippen LogP contribution in [0.5, 0.6) is 0 Å². The number of hydrogen-bond donors (Lipinski definition) is 0. The lowest BCUT2D eigenvalue weighted by Crippen LogP contribution is -2.08. The molecule has 2 aromatic heterocycles. The van der Waals surface area contributed by atoms with E-state index in [2.05, 4.69) is 30.9 Å². The predicted octanol–water partition coefficient (Wildman–Crippen LogP) is 4.20. The first-order chi connectivity index (χ1) is 9.45. The van der Waals surface area contributed by atoms with Gasteiger partial charge in [-0.25, -0.2) is 9.97 Å². The van der Waals surface area contributed by atoms with Gasteiger partial charge in [0, 0.05) is 23.9 Å². The standard InChI is InChI=1S/C13H9BrF3N3/c14-11-5-10(19-12(20-11)7-1-2-7)8-6-18-4-3-9(8)13(15,16)17/h3-7H,1-2H2. The van der Waals surface area contributed by atoms with Gasteiger partial charge in [-0.2, -0.15) is 13.2 Å². The van der Waals surface area contributed by atoms with Gasteiger partial charge < -0.3 is 0 Å². The van der Waals surface area contributed by atoms with Crippen molar-refractivity contribution in [2.75, 3.05) is 0 Å². The Hall–Kier alpha value is -1.50. The first kappa shape index (κ1) is 13.5. The largest absolute Gasteiger partial charge is 0.417 e. The maximum absolute atomic E-state index is 13.0. The number of nitrogens with zero attached hydrogens (tertiary/aromatic N) is 3. The molecule has 0 radical (unpaired) electrons. The van der Waals surface area contributed by atoms with Crippen LogP contribution in [0.1, 0.15) is 30.1 Å². The van der Waals surface area contributed by atoms with Crippen molar-refractivity contribution in [1.82, 2.24) is 15.0 Å². The minimum absolute atomic E-state index is 0.0231. The lowest BCUT2D eigenvalue weighted by atomic mass is 10.1. The highest BCUT2D eigenvalue weighted by Gasteiger charge is 2.34. The summed E-state index contributed by atoms with van der Waals surface area (Å²) in [5.74, 6) is 0.851. The molecule has 2 heterocycles. The van der Waals surface area contributed by atoms with E-state index >= 15 is 0 Å². The Morgan fingerprint density at radius 2 is 1.95 bits per heavy atom. The molecule has 0 aromatic carbocycles. The number of pyridine rings is 1. The molecule has 20 heavy (non-hydrogen) atoms. The second-order valence-corrected chi connectivity index (χ2v) is 5.44. The minimum Gasteiger partial charge on any atom is -0.264 e. The molecule has 0 aliphatic heterocycles. The molecule has 1 fully saturated rings. The third kappa shape index (κ3) is 2.67. The van der Waals surface area contributed by atoms with E-state index in [0.717, 1.165) is 25.1 Å². The van der Waals surface area contributed by atoms with Gasteiger partial charge in [0.1, 0.15) is 10.4 Å². The number of rotatable bonds is 2. The average molecular weight is 344 g/mol. The van der Waals surface area contributed by atoms with Gasteiger partial charge in [-0.1, -0.05) is 0 Å². The van der Waals surface area contributed by atoms with E-state index in [1.54, 1.807) is 0 Å². The fourth-order valence-corrected chi connectivity index (χ4v) is 2.34. The van der Waals surface area contributed by atoms with Crippen LogP contribution < -0.4 is 0 Å². The molecule has 7 heteroatoms. The van der Waals surface area contributed by atoms with Crippen LogP contribution in [-0.4, -0.2) is 15.0 Å². The van der Waals surface area contributed by atoms with Crippen molar-refractivity contribution in [2.45, 2.75) is 24.9 Å². The molecule has 1 aliphatic carbocycles. The van der Waals surface area contributed by atoms with Gasteiger partial charge >= 0.3 is 6.18 Å². The quantitative estimate of drug-likeness (QED) is 0.767. The summed E-state index contributed by atoms with van der Waals surface area (Å²) in [6, 6.07) is 2.44. The monoisotopic (exact) mass is 343 g/mol. The summed E-state index contributed by atoms with van der Waals surface area (Å²) in [5, 5.41) is 0. The number of hydrogen-bond acceptors (Lipinski definition) is 3. The third-order valence-electron chi connectivity index (χ3n) is 3.06. The average Bonchev–Trinajstić information content (AvgIpc) is 3.21. The molecule has 0 atom stereocenters. The van der Waals surface area contributed by atoms with Crippen molar-refractivity contribution in [3.63, 3.8) is 0 Å². The zero-order chi connectivity index (χ0) is 14.3. The Labute approximate surface area is 121 Å². The van der Waals surface area contributed by atoms with Gasteiger partial charge in [0.15, 0.2) is 0 Å². The van der Waals surface area contributed by atoms with E-state index in [1.165, 1.54) is 12.3 Å². The maximum atomic E-state index is 13.0. The summed E-state index contributed by atoms with van der Waals surface area (Å²) in [5.41, 5.74) is -0.515. The Morgan fingerprint density at radius 3 is 2.60 bits per heavy atom. The van der Waals surface area contributed by atoms with Gasteiger partial charge in [-0.15, -0.1) is 0 Å². The van der Waals surface area contributed by atoms with E-state index in [1.807, 2.05) is 0 Å². The Kier molecular flexibility index (Phi) is 3.24. The van der Waals surface area contributed by atoms with Crippen molar-refractivity contribution >= 4 is 15.9 Å². The highest BCUT2D eigenvalue weighted by atomic mass is 79.9. The SMILES string of the molecule is FC(F)(F)c1ccncc1-c1cc(Br)nc(C2CC2)n1. The molecular formula is C13H9BrF3N3. The highest BCUT2D eigenvalue weighted by Crippen LogP contribution is 2.40. The molecule has 1 aliphatic rings. The van der Waals surface area contributed by atoms with E-state index in [4.69, 9.17) is 0 Å². The van der Waals surface area contributed by atoms with Crippen molar-refractivity contribution < 1.29 is 13.2 Å². The van der Waals surface area contributed by atoms with Crippen LogP contribution in [0.4, 0.5) is 13.2 Å². The molecular weight excluding hydrogens is 335 g/mol. The molecule has 104 valence electrons. The smallest absolute Gasteiger partial charge is 0.264 e. The maximum Gasteiger partial charge on any atom is 0.417 e. The van der Waals surface area contributed by atoms with Crippen LogP contribution in [0.15, 0.2) is 29.1 Å². The Balaban J connectivity index is 2.13. The zero-order valence-electron chi connectivity index (χ0n) is 10.2. The first-order valence-electron chi connectivity index (χ1n) is 6.01. The number of alkyl halides is 3. The van der Waals surface area contributed by atoms with Crippen LogP contribution in [0.2, 0.25) is 0 Å². The molecule has 1 saturated carbocycles. The Morgan fingerprint density at radius 1 is 1.20 bits per heavy atom. The molecule has 0 amide bonds. The fourth-order valence-electron chi connectivity index (χ4n) is 1.94. The topological polar surface area (TPSA) is 38.7 Å². The lowest BCUT2D eigenvalue weighted by molar-refractivity contribution is -0.137.